The normalized spacial score (nSPS) is 16.8. The van der Waals surface area contributed by atoms with Gasteiger partial charge in [-0.2, -0.15) is 0 Å². The molecule has 6 nitrogen and oxygen atoms in total. The molecule has 1 aliphatic heterocycles. The van der Waals surface area contributed by atoms with Gasteiger partial charge in [-0.1, -0.05) is 12.1 Å². The number of ether oxygens (including phenoxy) is 1. The standard InChI is InChI=1S/C21H26N2O4S/c1-15-6-7-16(2)20(13-15)28(25,26)22-18-10-8-17(9-11-18)21(24)23(3)14-19-5-4-12-27-19/h6-11,13,19,22H,4-5,12,14H2,1-3H3. The third kappa shape index (κ3) is 4.72. The first kappa shape index (κ1) is 20.4. The van der Waals surface area contributed by atoms with Gasteiger partial charge in [-0.3, -0.25) is 9.52 Å². The van der Waals surface area contributed by atoms with E-state index >= 15 is 0 Å². The Kier molecular flexibility index (Phi) is 6.05. The second-order valence-corrected chi connectivity index (χ2v) is 8.92. The molecule has 7 heteroatoms. The molecule has 0 spiro atoms. The molecule has 2 aromatic carbocycles. The van der Waals surface area contributed by atoms with Crippen molar-refractivity contribution in [2.24, 2.45) is 0 Å². The summed E-state index contributed by atoms with van der Waals surface area (Å²) >= 11 is 0. The summed E-state index contributed by atoms with van der Waals surface area (Å²) in [6, 6.07) is 11.8. The smallest absolute Gasteiger partial charge is 0.262 e. The number of benzene rings is 2. The monoisotopic (exact) mass is 402 g/mol. The van der Waals surface area contributed by atoms with E-state index in [0.717, 1.165) is 25.0 Å². The molecular weight excluding hydrogens is 376 g/mol. The van der Waals surface area contributed by atoms with Crippen LogP contribution in [-0.2, 0) is 14.8 Å². The van der Waals surface area contributed by atoms with Crippen molar-refractivity contribution in [1.82, 2.24) is 4.90 Å². The number of likely N-dealkylation sites (N-methyl/N-ethyl adjacent to an activating group) is 1. The molecule has 0 bridgehead atoms. The fraction of sp³-hybridized carbons (Fsp3) is 0.381. The lowest BCUT2D eigenvalue weighted by Crippen LogP contribution is -2.34. The van der Waals surface area contributed by atoms with Gasteiger partial charge in [0, 0.05) is 31.5 Å². The number of nitrogens with one attached hydrogen (secondary N) is 1. The van der Waals surface area contributed by atoms with Crippen LogP contribution in [0.2, 0.25) is 0 Å². The van der Waals surface area contributed by atoms with Gasteiger partial charge >= 0.3 is 0 Å². The van der Waals surface area contributed by atoms with Gasteiger partial charge in [0.25, 0.3) is 15.9 Å². The summed E-state index contributed by atoms with van der Waals surface area (Å²) in [6.07, 6.45) is 2.09. The molecule has 0 radical (unpaired) electrons. The minimum absolute atomic E-state index is 0.0950. The Bertz CT molecular complexity index is 949. The summed E-state index contributed by atoms with van der Waals surface area (Å²) in [7, 11) is -1.94. The van der Waals surface area contributed by atoms with Crippen molar-refractivity contribution in [2.75, 3.05) is 24.9 Å². The fourth-order valence-corrected chi connectivity index (χ4v) is 4.67. The fourth-order valence-electron chi connectivity index (χ4n) is 3.28. The maximum atomic E-state index is 12.7. The van der Waals surface area contributed by atoms with E-state index in [1.807, 2.05) is 13.0 Å². The van der Waals surface area contributed by atoms with Crippen LogP contribution in [0.4, 0.5) is 5.69 Å². The van der Waals surface area contributed by atoms with Crippen molar-refractivity contribution >= 4 is 21.6 Å². The predicted molar refractivity (Wildman–Crippen MR) is 109 cm³/mol. The van der Waals surface area contributed by atoms with E-state index in [2.05, 4.69) is 4.72 Å². The zero-order valence-electron chi connectivity index (χ0n) is 16.4. The minimum atomic E-state index is -3.69. The highest BCUT2D eigenvalue weighted by molar-refractivity contribution is 7.92. The largest absolute Gasteiger partial charge is 0.376 e. The molecule has 0 aromatic heterocycles. The maximum Gasteiger partial charge on any atom is 0.262 e. The lowest BCUT2D eigenvalue weighted by atomic mass is 10.1. The van der Waals surface area contributed by atoms with Gasteiger partial charge in [-0.25, -0.2) is 8.42 Å². The molecule has 1 N–H and O–H groups in total. The molecule has 1 saturated heterocycles. The quantitative estimate of drug-likeness (QED) is 0.804. The second-order valence-electron chi connectivity index (χ2n) is 7.27. The van der Waals surface area contributed by atoms with E-state index in [1.165, 1.54) is 0 Å². The molecule has 1 aliphatic rings. The van der Waals surface area contributed by atoms with E-state index in [0.29, 0.717) is 23.4 Å². The van der Waals surface area contributed by atoms with Crippen LogP contribution in [0.15, 0.2) is 47.4 Å². The van der Waals surface area contributed by atoms with Crippen LogP contribution >= 0.6 is 0 Å². The van der Waals surface area contributed by atoms with Crippen molar-refractivity contribution in [1.29, 1.82) is 0 Å². The Labute approximate surface area is 166 Å². The van der Waals surface area contributed by atoms with Crippen LogP contribution in [0.1, 0.15) is 34.3 Å². The Morgan fingerprint density at radius 1 is 1.18 bits per heavy atom. The van der Waals surface area contributed by atoms with Gasteiger partial charge in [0.15, 0.2) is 0 Å². The molecule has 1 unspecified atom stereocenters. The lowest BCUT2D eigenvalue weighted by Gasteiger charge is -2.21. The number of nitrogens with zero attached hydrogens (tertiary/aromatic N) is 1. The first-order valence-corrected chi connectivity index (χ1v) is 10.8. The number of aryl methyl sites for hydroxylation is 2. The van der Waals surface area contributed by atoms with E-state index < -0.39 is 10.0 Å². The van der Waals surface area contributed by atoms with Gasteiger partial charge in [0.1, 0.15) is 0 Å². The Morgan fingerprint density at radius 3 is 2.54 bits per heavy atom. The van der Waals surface area contributed by atoms with E-state index in [4.69, 9.17) is 4.74 Å². The average Bonchev–Trinajstić information content (AvgIpc) is 3.16. The van der Waals surface area contributed by atoms with Crippen molar-refractivity contribution < 1.29 is 17.9 Å². The van der Waals surface area contributed by atoms with Crippen LogP contribution < -0.4 is 4.72 Å². The molecule has 28 heavy (non-hydrogen) atoms. The zero-order chi connectivity index (χ0) is 20.3. The summed E-state index contributed by atoms with van der Waals surface area (Å²) in [5.41, 5.74) is 2.48. The molecular formula is C21H26N2O4S. The van der Waals surface area contributed by atoms with E-state index in [-0.39, 0.29) is 16.9 Å². The Hall–Kier alpha value is -2.38. The molecule has 0 saturated carbocycles. The predicted octanol–water partition coefficient (Wildman–Crippen LogP) is 3.36. The molecule has 3 rings (SSSR count). The number of carbonyl (C=O) groups is 1. The average molecular weight is 403 g/mol. The summed E-state index contributed by atoms with van der Waals surface area (Å²) < 4.78 is 33.5. The number of carbonyl (C=O) groups excluding carboxylic acids is 1. The molecule has 0 aliphatic carbocycles. The molecule has 1 fully saturated rings. The number of sulfonamides is 1. The highest BCUT2D eigenvalue weighted by Crippen LogP contribution is 2.21. The minimum Gasteiger partial charge on any atom is -0.376 e. The maximum absolute atomic E-state index is 12.7. The first-order valence-electron chi connectivity index (χ1n) is 9.33. The Morgan fingerprint density at radius 2 is 1.89 bits per heavy atom. The zero-order valence-corrected chi connectivity index (χ0v) is 17.3. The van der Waals surface area contributed by atoms with Crippen molar-refractivity contribution in [3.05, 3.63) is 59.2 Å². The van der Waals surface area contributed by atoms with Crippen LogP contribution in [0.5, 0.6) is 0 Å². The van der Waals surface area contributed by atoms with Crippen molar-refractivity contribution in [3.8, 4) is 0 Å². The first-order chi connectivity index (χ1) is 13.3. The third-order valence-electron chi connectivity index (χ3n) is 4.87. The van der Waals surface area contributed by atoms with Crippen molar-refractivity contribution in [2.45, 2.75) is 37.7 Å². The number of rotatable bonds is 6. The van der Waals surface area contributed by atoms with E-state index in [9.17, 15) is 13.2 Å². The van der Waals surface area contributed by atoms with Crippen molar-refractivity contribution in [3.63, 3.8) is 0 Å². The van der Waals surface area contributed by atoms with Crippen LogP contribution in [0.25, 0.3) is 0 Å². The van der Waals surface area contributed by atoms with Gasteiger partial charge in [-0.05, 0) is 68.1 Å². The summed E-state index contributed by atoms with van der Waals surface area (Å²) in [6.45, 7) is 4.92. The van der Waals surface area contributed by atoms with Crippen LogP contribution in [-0.4, -0.2) is 45.5 Å². The van der Waals surface area contributed by atoms with Crippen LogP contribution in [0.3, 0.4) is 0 Å². The van der Waals surface area contributed by atoms with Gasteiger partial charge in [0.05, 0.1) is 11.0 Å². The SMILES string of the molecule is Cc1ccc(C)c(S(=O)(=O)Nc2ccc(C(=O)N(C)CC3CCCO3)cc2)c1. The topological polar surface area (TPSA) is 75.7 Å². The number of amides is 1. The number of hydrogen-bond donors (Lipinski definition) is 1. The highest BCUT2D eigenvalue weighted by atomic mass is 32.2. The van der Waals surface area contributed by atoms with E-state index in [1.54, 1.807) is 55.3 Å². The second kappa shape index (κ2) is 8.32. The van der Waals surface area contributed by atoms with Gasteiger partial charge in [-0.15, -0.1) is 0 Å². The molecule has 1 amide bonds. The highest BCUT2D eigenvalue weighted by Gasteiger charge is 2.21. The summed E-state index contributed by atoms with van der Waals surface area (Å²) in [5, 5.41) is 0. The molecule has 150 valence electrons. The molecule has 1 heterocycles. The summed E-state index contributed by atoms with van der Waals surface area (Å²) in [4.78, 5) is 14.5. The van der Waals surface area contributed by atoms with Crippen LogP contribution in [0, 0.1) is 13.8 Å². The number of anilines is 1. The van der Waals surface area contributed by atoms with Gasteiger partial charge in [0.2, 0.25) is 0 Å². The molecule has 1 atom stereocenters. The molecule has 2 aromatic rings. The van der Waals surface area contributed by atoms with Gasteiger partial charge < -0.3 is 9.64 Å². The number of hydrogen-bond acceptors (Lipinski definition) is 4. The lowest BCUT2D eigenvalue weighted by molar-refractivity contribution is 0.0587. The summed E-state index contributed by atoms with van der Waals surface area (Å²) in [5.74, 6) is -0.112. The third-order valence-corrected chi connectivity index (χ3v) is 6.39. The Balaban J connectivity index is 1.70.